The molecule has 0 saturated carbocycles. The van der Waals surface area contributed by atoms with Crippen LogP contribution >= 0.6 is 0 Å². The van der Waals surface area contributed by atoms with Crippen molar-refractivity contribution in [2.45, 2.75) is 4.90 Å². The third-order valence-corrected chi connectivity index (χ3v) is 4.37. The van der Waals surface area contributed by atoms with Crippen LogP contribution in [0.3, 0.4) is 0 Å². The van der Waals surface area contributed by atoms with Crippen molar-refractivity contribution in [3.63, 3.8) is 0 Å². The number of carbonyl (C=O) groups is 2. The van der Waals surface area contributed by atoms with Gasteiger partial charge in [-0.1, -0.05) is 6.07 Å². The first-order chi connectivity index (χ1) is 11.4. The van der Waals surface area contributed by atoms with Gasteiger partial charge < -0.3 is 10.1 Å². The van der Waals surface area contributed by atoms with Crippen molar-refractivity contribution in [1.82, 2.24) is 9.71 Å². The third kappa shape index (κ3) is 4.61. The van der Waals surface area contributed by atoms with E-state index in [2.05, 4.69) is 19.8 Å². The lowest BCUT2D eigenvalue weighted by molar-refractivity contribution is -0.139. The average molecular weight is 349 g/mol. The fourth-order valence-electron chi connectivity index (χ4n) is 1.72. The molecule has 0 fully saturated rings. The van der Waals surface area contributed by atoms with Gasteiger partial charge in [-0.2, -0.15) is 4.72 Å². The Balaban J connectivity index is 2.05. The number of sulfonamides is 1. The lowest BCUT2D eigenvalue weighted by atomic mass is 10.3. The summed E-state index contributed by atoms with van der Waals surface area (Å²) in [7, 11) is -2.68. The van der Waals surface area contributed by atoms with Crippen molar-refractivity contribution in [3.05, 3.63) is 54.4 Å². The molecule has 1 aromatic carbocycles. The molecule has 0 radical (unpaired) electrons. The first-order valence-electron chi connectivity index (χ1n) is 6.81. The first kappa shape index (κ1) is 17.6. The summed E-state index contributed by atoms with van der Waals surface area (Å²) < 4.78 is 30.5. The standard InChI is InChI=1S/C15H15N3O5S/c1-23-14(19)10-17-24(21,22)12-7-5-11(6-8-12)18-15(20)13-4-2-3-9-16-13/h2-9,17H,10H2,1H3,(H,18,20). The van der Waals surface area contributed by atoms with Crippen molar-refractivity contribution in [2.24, 2.45) is 0 Å². The molecule has 0 atom stereocenters. The minimum Gasteiger partial charge on any atom is -0.468 e. The lowest BCUT2D eigenvalue weighted by Crippen LogP contribution is -2.30. The van der Waals surface area contributed by atoms with E-state index in [4.69, 9.17) is 0 Å². The van der Waals surface area contributed by atoms with Gasteiger partial charge in [0, 0.05) is 11.9 Å². The van der Waals surface area contributed by atoms with E-state index in [9.17, 15) is 18.0 Å². The number of nitrogens with one attached hydrogen (secondary N) is 2. The van der Waals surface area contributed by atoms with E-state index in [0.29, 0.717) is 5.69 Å². The summed E-state index contributed by atoms with van der Waals surface area (Å²) in [5.74, 6) is -1.10. The number of carbonyl (C=O) groups excluding carboxylic acids is 2. The number of benzene rings is 1. The number of esters is 1. The van der Waals surface area contributed by atoms with Crippen LogP contribution in [0.15, 0.2) is 53.6 Å². The minimum absolute atomic E-state index is 0.0396. The van der Waals surface area contributed by atoms with Gasteiger partial charge in [0.2, 0.25) is 10.0 Å². The summed E-state index contributed by atoms with van der Waals surface area (Å²) >= 11 is 0. The Hall–Kier alpha value is -2.78. The number of aromatic nitrogens is 1. The monoisotopic (exact) mass is 349 g/mol. The molecule has 0 unspecified atom stereocenters. The fraction of sp³-hybridized carbons (Fsp3) is 0.133. The fourth-order valence-corrected chi connectivity index (χ4v) is 2.69. The molecular formula is C15H15N3O5S. The van der Waals surface area contributed by atoms with Crippen LogP contribution in [0.2, 0.25) is 0 Å². The van der Waals surface area contributed by atoms with E-state index in [1.807, 2.05) is 0 Å². The summed E-state index contributed by atoms with van der Waals surface area (Å²) in [5, 5.41) is 2.61. The molecule has 0 bridgehead atoms. The minimum atomic E-state index is -3.84. The van der Waals surface area contributed by atoms with E-state index in [1.165, 1.54) is 30.5 Å². The molecule has 0 saturated heterocycles. The molecule has 1 aromatic heterocycles. The van der Waals surface area contributed by atoms with Crippen LogP contribution in [-0.2, 0) is 19.6 Å². The van der Waals surface area contributed by atoms with Crippen LogP contribution in [0, 0.1) is 0 Å². The van der Waals surface area contributed by atoms with Crippen LogP contribution in [0.1, 0.15) is 10.5 Å². The van der Waals surface area contributed by atoms with E-state index in [1.54, 1.807) is 18.2 Å². The van der Waals surface area contributed by atoms with Gasteiger partial charge in [0.1, 0.15) is 12.2 Å². The maximum Gasteiger partial charge on any atom is 0.320 e. The molecule has 24 heavy (non-hydrogen) atoms. The molecule has 2 rings (SSSR count). The molecule has 0 aliphatic rings. The molecule has 2 aromatic rings. The van der Waals surface area contributed by atoms with Gasteiger partial charge in [-0.05, 0) is 36.4 Å². The Bertz CT molecular complexity index is 820. The smallest absolute Gasteiger partial charge is 0.320 e. The van der Waals surface area contributed by atoms with Crippen LogP contribution in [-0.4, -0.2) is 38.9 Å². The van der Waals surface area contributed by atoms with Crippen molar-refractivity contribution < 1.29 is 22.7 Å². The van der Waals surface area contributed by atoms with Crippen molar-refractivity contribution in [2.75, 3.05) is 19.0 Å². The van der Waals surface area contributed by atoms with Crippen molar-refractivity contribution >= 4 is 27.6 Å². The lowest BCUT2D eigenvalue weighted by Gasteiger charge is -2.08. The van der Waals surface area contributed by atoms with Gasteiger partial charge >= 0.3 is 5.97 Å². The number of hydrogen-bond donors (Lipinski definition) is 2. The zero-order valence-electron chi connectivity index (χ0n) is 12.7. The number of hydrogen-bond acceptors (Lipinski definition) is 6. The summed E-state index contributed by atoms with van der Waals surface area (Å²) in [6.45, 7) is -0.461. The van der Waals surface area contributed by atoms with Gasteiger partial charge in [0.25, 0.3) is 5.91 Å². The summed E-state index contributed by atoms with van der Waals surface area (Å²) in [5.41, 5.74) is 0.659. The quantitative estimate of drug-likeness (QED) is 0.745. The molecule has 0 aliphatic heterocycles. The second-order valence-corrected chi connectivity index (χ2v) is 6.36. The molecule has 0 aliphatic carbocycles. The van der Waals surface area contributed by atoms with Gasteiger partial charge in [-0.25, -0.2) is 8.42 Å². The topological polar surface area (TPSA) is 114 Å². The van der Waals surface area contributed by atoms with Gasteiger partial charge in [-0.15, -0.1) is 0 Å². The third-order valence-electron chi connectivity index (χ3n) is 2.95. The Morgan fingerprint density at radius 3 is 2.42 bits per heavy atom. The van der Waals surface area contributed by atoms with Gasteiger partial charge in [0.05, 0.1) is 12.0 Å². The molecule has 9 heteroatoms. The number of rotatable bonds is 6. The highest BCUT2D eigenvalue weighted by Crippen LogP contribution is 2.14. The number of nitrogens with zero attached hydrogens (tertiary/aromatic N) is 1. The number of amides is 1. The highest BCUT2D eigenvalue weighted by Gasteiger charge is 2.16. The van der Waals surface area contributed by atoms with E-state index in [0.717, 1.165) is 7.11 Å². The molecule has 2 N–H and O–H groups in total. The first-order valence-corrected chi connectivity index (χ1v) is 8.29. The summed E-state index contributed by atoms with van der Waals surface area (Å²) in [4.78, 5) is 26.8. The second kappa shape index (κ2) is 7.66. The maximum atomic E-state index is 12.0. The molecule has 0 spiro atoms. The molecular weight excluding hydrogens is 334 g/mol. The zero-order chi connectivity index (χ0) is 17.6. The second-order valence-electron chi connectivity index (χ2n) is 4.59. The number of ether oxygens (including phenoxy) is 1. The van der Waals surface area contributed by atoms with E-state index in [-0.39, 0.29) is 10.6 Å². The largest absolute Gasteiger partial charge is 0.468 e. The molecule has 126 valence electrons. The zero-order valence-corrected chi connectivity index (χ0v) is 13.5. The molecule has 1 amide bonds. The number of anilines is 1. The van der Waals surface area contributed by atoms with Crippen LogP contribution in [0.5, 0.6) is 0 Å². The predicted octanol–water partition coefficient (Wildman–Crippen LogP) is 0.785. The highest BCUT2D eigenvalue weighted by atomic mass is 32.2. The van der Waals surface area contributed by atoms with Crippen molar-refractivity contribution in [1.29, 1.82) is 0 Å². The molecule has 8 nitrogen and oxygen atoms in total. The maximum absolute atomic E-state index is 12.0. The highest BCUT2D eigenvalue weighted by molar-refractivity contribution is 7.89. The number of methoxy groups -OCH3 is 1. The Kier molecular flexibility index (Phi) is 5.61. The van der Waals surface area contributed by atoms with Crippen LogP contribution in [0.4, 0.5) is 5.69 Å². The van der Waals surface area contributed by atoms with Gasteiger partial charge in [0.15, 0.2) is 0 Å². The SMILES string of the molecule is COC(=O)CNS(=O)(=O)c1ccc(NC(=O)c2ccccn2)cc1. The van der Waals surface area contributed by atoms with Crippen molar-refractivity contribution in [3.8, 4) is 0 Å². The van der Waals surface area contributed by atoms with Gasteiger partial charge in [-0.3, -0.25) is 14.6 Å². The Morgan fingerprint density at radius 1 is 1.12 bits per heavy atom. The summed E-state index contributed by atoms with van der Waals surface area (Å²) in [6.07, 6.45) is 1.50. The van der Waals surface area contributed by atoms with Crippen LogP contribution < -0.4 is 10.0 Å². The normalized spacial score (nSPS) is 10.9. The van der Waals surface area contributed by atoms with E-state index < -0.39 is 28.4 Å². The van der Waals surface area contributed by atoms with E-state index >= 15 is 0 Å². The van der Waals surface area contributed by atoms with Crippen LogP contribution in [0.25, 0.3) is 0 Å². The Labute approximate surface area is 138 Å². The Morgan fingerprint density at radius 2 is 1.83 bits per heavy atom. The average Bonchev–Trinajstić information content (AvgIpc) is 2.61. The number of pyridine rings is 1. The molecule has 1 heterocycles. The summed E-state index contributed by atoms with van der Waals surface area (Å²) in [6, 6.07) is 10.4. The predicted molar refractivity (Wildman–Crippen MR) is 85.8 cm³/mol.